The zero-order valence-electron chi connectivity index (χ0n) is 8.91. The molecular formula is C10H9NO5S. The topological polar surface area (TPSA) is 86.5 Å². The molecule has 0 atom stereocenters. The number of ether oxygens (including phenoxy) is 1. The maximum atomic E-state index is 11.2. The lowest BCUT2D eigenvalue weighted by Crippen LogP contribution is -2.02. The predicted octanol–water partition coefficient (Wildman–Crippen LogP) is 1.01. The highest BCUT2D eigenvalue weighted by molar-refractivity contribution is 7.90. The molecular weight excluding hydrogens is 246 g/mol. The molecule has 1 rings (SSSR count). The number of nitro groups is 1. The highest BCUT2D eigenvalue weighted by atomic mass is 32.2. The number of hydrogen-bond acceptors (Lipinski definition) is 5. The molecule has 6 nitrogen and oxygen atoms in total. The van der Waals surface area contributed by atoms with Gasteiger partial charge in [-0.3, -0.25) is 10.1 Å². The monoisotopic (exact) mass is 255 g/mol. The number of benzene rings is 1. The van der Waals surface area contributed by atoms with Crippen LogP contribution in [0.3, 0.4) is 0 Å². The number of nitrogens with zero attached hydrogens (tertiary/aromatic N) is 1. The van der Waals surface area contributed by atoms with E-state index >= 15 is 0 Å². The van der Waals surface area contributed by atoms with Gasteiger partial charge in [0.1, 0.15) is 6.61 Å². The molecule has 1 aromatic rings. The van der Waals surface area contributed by atoms with Crippen LogP contribution in [0.15, 0.2) is 23.1 Å². The third kappa shape index (κ3) is 3.19. The predicted molar refractivity (Wildman–Crippen MR) is 60.5 cm³/mol. The molecule has 7 heteroatoms. The van der Waals surface area contributed by atoms with Crippen LogP contribution in [-0.2, 0) is 9.84 Å². The van der Waals surface area contributed by atoms with Crippen LogP contribution in [0.2, 0.25) is 0 Å². The lowest BCUT2D eigenvalue weighted by molar-refractivity contribution is -0.386. The minimum Gasteiger partial charge on any atom is -0.474 e. The third-order valence-electron chi connectivity index (χ3n) is 1.87. The fraction of sp³-hybridized carbons (Fsp3) is 0.200. The molecule has 0 fully saturated rings. The first-order valence-electron chi connectivity index (χ1n) is 4.41. The van der Waals surface area contributed by atoms with Gasteiger partial charge in [0, 0.05) is 12.3 Å². The zero-order chi connectivity index (χ0) is 13.1. The summed E-state index contributed by atoms with van der Waals surface area (Å²) in [7, 11) is -3.50. The van der Waals surface area contributed by atoms with E-state index in [9.17, 15) is 18.5 Å². The molecule has 0 aliphatic heterocycles. The van der Waals surface area contributed by atoms with Gasteiger partial charge in [-0.25, -0.2) is 8.42 Å². The lowest BCUT2D eigenvalue weighted by atomic mass is 10.3. The van der Waals surface area contributed by atoms with Crippen LogP contribution < -0.4 is 4.74 Å². The van der Waals surface area contributed by atoms with Crippen LogP contribution in [0, 0.1) is 22.5 Å². The van der Waals surface area contributed by atoms with Gasteiger partial charge >= 0.3 is 5.69 Å². The van der Waals surface area contributed by atoms with Gasteiger partial charge in [0.15, 0.2) is 15.6 Å². The molecule has 0 bridgehead atoms. The van der Waals surface area contributed by atoms with Gasteiger partial charge in [-0.15, -0.1) is 6.42 Å². The molecule has 90 valence electrons. The summed E-state index contributed by atoms with van der Waals surface area (Å²) in [4.78, 5) is 9.88. The van der Waals surface area contributed by atoms with Crippen LogP contribution in [-0.4, -0.2) is 26.2 Å². The molecule has 17 heavy (non-hydrogen) atoms. The van der Waals surface area contributed by atoms with Gasteiger partial charge in [0.25, 0.3) is 0 Å². The molecule has 0 amide bonds. The van der Waals surface area contributed by atoms with Crippen molar-refractivity contribution < 1.29 is 18.1 Å². The minimum absolute atomic E-state index is 0.0552. The van der Waals surface area contributed by atoms with Gasteiger partial charge < -0.3 is 4.74 Å². The van der Waals surface area contributed by atoms with Crippen molar-refractivity contribution in [2.75, 3.05) is 12.9 Å². The van der Waals surface area contributed by atoms with E-state index in [1.807, 2.05) is 0 Å². The summed E-state index contributed by atoms with van der Waals surface area (Å²) in [6, 6.07) is 3.39. The Labute approximate surface area is 98.3 Å². The molecule has 1 aromatic carbocycles. The van der Waals surface area contributed by atoms with Crippen molar-refractivity contribution in [3.8, 4) is 18.1 Å². The van der Waals surface area contributed by atoms with Gasteiger partial charge in [-0.1, -0.05) is 5.92 Å². The number of hydrogen-bond donors (Lipinski definition) is 0. The summed E-state index contributed by atoms with van der Waals surface area (Å²) in [5, 5.41) is 10.7. The highest BCUT2D eigenvalue weighted by Gasteiger charge is 2.19. The first kappa shape index (κ1) is 13.0. The van der Waals surface area contributed by atoms with Crippen molar-refractivity contribution in [1.29, 1.82) is 0 Å². The molecule has 0 unspecified atom stereocenters. The summed E-state index contributed by atoms with van der Waals surface area (Å²) >= 11 is 0. The van der Waals surface area contributed by atoms with Gasteiger partial charge in [-0.05, 0) is 12.1 Å². The van der Waals surface area contributed by atoms with Gasteiger partial charge in [-0.2, -0.15) is 0 Å². The third-order valence-corrected chi connectivity index (χ3v) is 2.98. The van der Waals surface area contributed by atoms with Crippen LogP contribution in [0.5, 0.6) is 5.75 Å². The van der Waals surface area contributed by atoms with E-state index in [0.29, 0.717) is 0 Å². The average molecular weight is 255 g/mol. The Hall–Kier alpha value is -2.07. The Balaban J connectivity index is 3.28. The Morgan fingerprint density at radius 1 is 1.53 bits per heavy atom. The number of rotatable bonds is 4. The molecule has 0 N–H and O–H groups in total. The zero-order valence-corrected chi connectivity index (χ0v) is 9.73. The van der Waals surface area contributed by atoms with Gasteiger partial charge in [0.2, 0.25) is 0 Å². The molecule has 0 aliphatic rings. The quantitative estimate of drug-likeness (QED) is 0.455. The Morgan fingerprint density at radius 2 is 2.18 bits per heavy atom. The Kier molecular flexibility index (Phi) is 3.70. The molecule has 0 heterocycles. The first-order valence-corrected chi connectivity index (χ1v) is 6.30. The standard InChI is InChI=1S/C10H9NO5S/c1-3-6-16-10-5-4-8(17(2,14)15)7-9(10)11(12)13/h1,4-5,7H,6H2,2H3. The minimum atomic E-state index is -3.50. The summed E-state index contributed by atoms with van der Waals surface area (Å²) in [5.74, 6) is 2.11. The highest BCUT2D eigenvalue weighted by Crippen LogP contribution is 2.29. The Morgan fingerprint density at radius 3 is 2.65 bits per heavy atom. The fourth-order valence-corrected chi connectivity index (χ4v) is 1.75. The van der Waals surface area contributed by atoms with E-state index in [1.54, 1.807) is 0 Å². The summed E-state index contributed by atoms with van der Waals surface area (Å²) in [6.45, 7) is -0.126. The molecule has 0 aromatic heterocycles. The van der Waals surface area contributed by atoms with E-state index in [-0.39, 0.29) is 17.3 Å². The molecule has 0 saturated heterocycles. The summed E-state index contributed by atoms with van der Waals surface area (Å²) in [5.41, 5.74) is -0.428. The van der Waals surface area contributed by atoms with Crippen molar-refractivity contribution in [2.24, 2.45) is 0 Å². The van der Waals surface area contributed by atoms with Crippen molar-refractivity contribution in [3.63, 3.8) is 0 Å². The van der Waals surface area contributed by atoms with E-state index < -0.39 is 20.4 Å². The normalized spacial score (nSPS) is 10.6. The second kappa shape index (κ2) is 4.84. The first-order chi connectivity index (χ1) is 7.86. The van der Waals surface area contributed by atoms with Crippen molar-refractivity contribution in [1.82, 2.24) is 0 Å². The number of nitro benzene ring substituents is 1. The molecule has 0 spiro atoms. The fourth-order valence-electron chi connectivity index (χ4n) is 1.11. The molecule has 0 saturated carbocycles. The lowest BCUT2D eigenvalue weighted by Gasteiger charge is -2.04. The largest absolute Gasteiger partial charge is 0.474 e. The van der Waals surface area contributed by atoms with E-state index in [0.717, 1.165) is 12.3 Å². The maximum Gasteiger partial charge on any atom is 0.312 e. The van der Waals surface area contributed by atoms with Crippen LogP contribution in [0.1, 0.15) is 0 Å². The SMILES string of the molecule is C#CCOc1ccc(S(C)(=O)=O)cc1[N+](=O)[O-]. The van der Waals surface area contributed by atoms with Crippen molar-refractivity contribution >= 4 is 15.5 Å². The average Bonchev–Trinajstić information content (AvgIpc) is 2.24. The summed E-state index contributed by atoms with van der Waals surface area (Å²) in [6.07, 6.45) is 5.93. The smallest absolute Gasteiger partial charge is 0.312 e. The van der Waals surface area contributed by atoms with Crippen LogP contribution in [0.25, 0.3) is 0 Å². The van der Waals surface area contributed by atoms with Crippen molar-refractivity contribution in [2.45, 2.75) is 4.90 Å². The molecule has 0 aliphatic carbocycles. The van der Waals surface area contributed by atoms with Crippen molar-refractivity contribution in [3.05, 3.63) is 28.3 Å². The van der Waals surface area contributed by atoms with Crippen LogP contribution >= 0.6 is 0 Å². The van der Waals surface area contributed by atoms with E-state index in [2.05, 4.69) is 5.92 Å². The van der Waals surface area contributed by atoms with E-state index in [4.69, 9.17) is 11.2 Å². The van der Waals surface area contributed by atoms with Crippen LogP contribution in [0.4, 0.5) is 5.69 Å². The van der Waals surface area contributed by atoms with E-state index in [1.165, 1.54) is 12.1 Å². The second-order valence-electron chi connectivity index (χ2n) is 3.15. The maximum absolute atomic E-state index is 11.2. The summed E-state index contributed by atoms with van der Waals surface area (Å²) < 4.78 is 27.4. The number of terminal acetylenes is 1. The Bertz CT molecular complexity index is 585. The van der Waals surface area contributed by atoms with Gasteiger partial charge in [0.05, 0.1) is 9.82 Å². The molecule has 0 radical (unpaired) electrons. The second-order valence-corrected chi connectivity index (χ2v) is 5.17. The number of sulfone groups is 1.